The van der Waals surface area contributed by atoms with Gasteiger partial charge in [0.1, 0.15) is 0 Å². The van der Waals surface area contributed by atoms with Crippen molar-refractivity contribution in [2.75, 3.05) is 13.6 Å². The molecule has 3 N–H and O–H groups in total. The third-order valence-electron chi connectivity index (χ3n) is 2.99. The zero-order valence-corrected chi connectivity index (χ0v) is 12.3. The first-order valence-electron chi connectivity index (χ1n) is 6.11. The summed E-state index contributed by atoms with van der Waals surface area (Å²) in [7, 11) is 2.00. The van der Waals surface area contributed by atoms with Crippen LogP contribution >= 0.6 is 11.6 Å². The van der Waals surface area contributed by atoms with Gasteiger partial charge in [0.2, 0.25) is 0 Å². The fourth-order valence-corrected chi connectivity index (χ4v) is 2.10. The molecule has 0 aliphatic heterocycles. The number of hydrogen-bond donors (Lipinski definition) is 2. The maximum absolute atomic E-state index is 7.41. The van der Waals surface area contributed by atoms with Gasteiger partial charge in [-0.1, -0.05) is 18.5 Å². The van der Waals surface area contributed by atoms with Crippen LogP contribution in [0.25, 0.3) is 0 Å². The molecule has 1 atom stereocenters. The molecular formula is C12H22ClN5. The average molecular weight is 272 g/mol. The zero-order valence-electron chi connectivity index (χ0n) is 11.5. The number of nitrogens with two attached hydrogens (primary N) is 1. The summed E-state index contributed by atoms with van der Waals surface area (Å²) >= 11 is 6.26. The van der Waals surface area contributed by atoms with Crippen molar-refractivity contribution in [3.05, 3.63) is 16.4 Å². The molecule has 0 bridgehead atoms. The lowest BCUT2D eigenvalue weighted by atomic mass is 10.1. The fraction of sp³-hybridized carbons (Fsp3) is 0.667. The van der Waals surface area contributed by atoms with Gasteiger partial charge in [0.05, 0.1) is 22.2 Å². The van der Waals surface area contributed by atoms with Crippen LogP contribution in [0.1, 0.15) is 25.2 Å². The molecule has 6 heteroatoms. The SMILES string of the molecule is CCn1nc(C)c(Cl)c1CN(C)CC(C)C(=N)N. The van der Waals surface area contributed by atoms with Gasteiger partial charge in [-0.2, -0.15) is 5.10 Å². The Labute approximate surface area is 113 Å². The lowest BCUT2D eigenvalue weighted by Gasteiger charge is -2.21. The average Bonchev–Trinajstić information content (AvgIpc) is 2.56. The summed E-state index contributed by atoms with van der Waals surface area (Å²) in [6.45, 7) is 8.16. The molecule has 5 nitrogen and oxygen atoms in total. The standard InChI is InChI=1S/C12H22ClN5/c1-5-18-10(11(13)9(3)16-18)7-17(4)6-8(2)12(14)15/h8H,5-7H2,1-4H3,(H3,14,15). The Kier molecular flexibility index (Phi) is 5.16. The Hall–Kier alpha value is -1.07. The lowest BCUT2D eigenvalue weighted by molar-refractivity contribution is 0.296. The van der Waals surface area contributed by atoms with Crippen LogP contribution in [0.2, 0.25) is 5.02 Å². The zero-order chi connectivity index (χ0) is 13.9. The molecule has 0 spiro atoms. The van der Waals surface area contributed by atoms with Gasteiger partial charge in [0.25, 0.3) is 0 Å². The van der Waals surface area contributed by atoms with Gasteiger partial charge in [-0.3, -0.25) is 15.0 Å². The molecule has 1 rings (SSSR count). The van der Waals surface area contributed by atoms with E-state index in [1.54, 1.807) is 0 Å². The summed E-state index contributed by atoms with van der Waals surface area (Å²) in [6, 6.07) is 0. The van der Waals surface area contributed by atoms with E-state index in [-0.39, 0.29) is 11.8 Å². The first-order valence-corrected chi connectivity index (χ1v) is 6.48. The van der Waals surface area contributed by atoms with Crippen molar-refractivity contribution in [2.45, 2.75) is 33.9 Å². The lowest BCUT2D eigenvalue weighted by Crippen LogP contribution is -2.32. The Balaban J connectivity index is 2.75. The Morgan fingerprint density at radius 1 is 1.61 bits per heavy atom. The first-order chi connectivity index (χ1) is 8.36. The van der Waals surface area contributed by atoms with Crippen molar-refractivity contribution in [1.29, 1.82) is 5.41 Å². The highest BCUT2D eigenvalue weighted by Crippen LogP contribution is 2.21. The van der Waals surface area contributed by atoms with E-state index in [9.17, 15) is 0 Å². The highest BCUT2D eigenvalue weighted by atomic mass is 35.5. The Morgan fingerprint density at radius 2 is 2.22 bits per heavy atom. The predicted octanol–water partition coefficient (Wildman–Crippen LogP) is 1.87. The molecule has 0 amide bonds. The van der Waals surface area contributed by atoms with Gasteiger partial charge < -0.3 is 5.73 Å². The molecular weight excluding hydrogens is 250 g/mol. The van der Waals surface area contributed by atoms with E-state index in [2.05, 4.69) is 10.00 Å². The van der Waals surface area contributed by atoms with Crippen molar-refractivity contribution in [1.82, 2.24) is 14.7 Å². The van der Waals surface area contributed by atoms with E-state index in [1.165, 1.54) is 0 Å². The van der Waals surface area contributed by atoms with E-state index in [4.69, 9.17) is 22.7 Å². The molecule has 1 aromatic heterocycles. The quantitative estimate of drug-likeness (QED) is 0.613. The maximum Gasteiger partial charge on any atom is 0.0947 e. The van der Waals surface area contributed by atoms with Crippen LogP contribution in [0.5, 0.6) is 0 Å². The second kappa shape index (κ2) is 6.20. The number of nitrogens with one attached hydrogen (secondary N) is 1. The van der Waals surface area contributed by atoms with Crippen molar-refractivity contribution in [3.8, 4) is 0 Å². The molecule has 0 radical (unpaired) electrons. The van der Waals surface area contributed by atoms with Crippen LogP contribution in [-0.4, -0.2) is 34.1 Å². The smallest absolute Gasteiger partial charge is 0.0947 e. The first kappa shape index (κ1) is 15.0. The van der Waals surface area contributed by atoms with Crippen molar-refractivity contribution >= 4 is 17.4 Å². The number of hydrogen-bond acceptors (Lipinski definition) is 3. The summed E-state index contributed by atoms with van der Waals surface area (Å²) in [5, 5.41) is 12.5. The van der Waals surface area contributed by atoms with E-state index < -0.39 is 0 Å². The van der Waals surface area contributed by atoms with E-state index in [1.807, 2.05) is 32.5 Å². The minimum atomic E-state index is 0.0490. The third kappa shape index (κ3) is 3.46. The van der Waals surface area contributed by atoms with Gasteiger partial charge in [-0.15, -0.1) is 0 Å². The largest absolute Gasteiger partial charge is 0.387 e. The number of aryl methyl sites for hydroxylation is 2. The van der Waals surface area contributed by atoms with E-state index in [0.29, 0.717) is 6.54 Å². The second-order valence-corrected chi connectivity index (χ2v) is 5.09. The summed E-state index contributed by atoms with van der Waals surface area (Å²) in [6.07, 6.45) is 0. The Morgan fingerprint density at radius 3 is 2.72 bits per heavy atom. The maximum atomic E-state index is 7.41. The highest BCUT2D eigenvalue weighted by molar-refractivity contribution is 6.31. The minimum Gasteiger partial charge on any atom is -0.387 e. The number of nitrogens with zero attached hydrogens (tertiary/aromatic N) is 3. The Bertz CT molecular complexity index is 426. The second-order valence-electron chi connectivity index (χ2n) is 4.71. The van der Waals surface area contributed by atoms with Gasteiger partial charge in [0.15, 0.2) is 0 Å². The molecule has 0 aliphatic carbocycles. The van der Waals surface area contributed by atoms with Gasteiger partial charge >= 0.3 is 0 Å². The normalized spacial score (nSPS) is 13.0. The minimum absolute atomic E-state index is 0.0490. The summed E-state index contributed by atoms with van der Waals surface area (Å²) in [5.41, 5.74) is 7.37. The fourth-order valence-electron chi connectivity index (χ4n) is 1.91. The topological polar surface area (TPSA) is 70.9 Å². The number of aromatic nitrogens is 2. The monoisotopic (exact) mass is 271 g/mol. The molecule has 0 aliphatic rings. The molecule has 0 saturated carbocycles. The van der Waals surface area contributed by atoms with Crippen LogP contribution in [-0.2, 0) is 13.1 Å². The van der Waals surface area contributed by atoms with Gasteiger partial charge in [-0.25, -0.2) is 0 Å². The molecule has 0 fully saturated rings. The molecule has 0 aromatic carbocycles. The highest BCUT2D eigenvalue weighted by Gasteiger charge is 2.16. The van der Waals surface area contributed by atoms with Gasteiger partial charge in [0, 0.05) is 25.6 Å². The van der Waals surface area contributed by atoms with Crippen LogP contribution in [0.4, 0.5) is 0 Å². The summed E-state index contributed by atoms with van der Waals surface area (Å²) in [5.74, 6) is 0.265. The van der Waals surface area contributed by atoms with Crippen LogP contribution in [0, 0.1) is 18.3 Å². The van der Waals surface area contributed by atoms with E-state index in [0.717, 1.165) is 29.5 Å². The van der Waals surface area contributed by atoms with Crippen LogP contribution < -0.4 is 5.73 Å². The number of rotatable bonds is 6. The van der Waals surface area contributed by atoms with Crippen LogP contribution in [0.3, 0.4) is 0 Å². The van der Waals surface area contributed by atoms with Crippen molar-refractivity contribution < 1.29 is 0 Å². The molecule has 1 heterocycles. The number of amidine groups is 1. The molecule has 102 valence electrons. The third-order valence-corrected chi connectivity index (χ3v) is 3.48. The summed E-state index contributed by atoms with van der Waals surface area (Å²) in [4.78, 5) is 2.11. The van der Waals surface area contributed by atoms with E-state index >= 15 is 0 Å². The van der Waals surface area contributed by atoms with Gasteiger partial charge in [-0.05, 0) is 20.9 Å². The van der Waals surface area contributed by atoms with Crippen molar-refractivity contribution in [3.63, 3.8) is 0 Å². The molecule has 1 unspecified atom stereocenters. The van der Waals surface area contributed by atoms with Crippen molar-refractivity contribution in [2.24, 2.45) is 11.7 Å². The molecule has 18 heavy (non-hydrogen) atoms. The molecule has 1 aromatic rings. The predicted molar refractivity (Wildman–Crippen MR) is 75.1 cm³/mol. The van der Waals surface area contributed by atoms with Crippen LogP contribution in [0.15, 0.2) is 0 Å². The number of halogens is 1. The summed E-state index contributed by atoms with van der Waals surface area (Å²) < 4.78 is 1.92. The molecule has 0 saturated heterocycles.